The summed E-state index contributed by atoms with van der Waals surface area (Å²) in [7, 11) is 1.54. The predicted molar refractivity (Wildman–Crippen MR) is 83.7 cm³/mol. The molecule has 0 spiro atoms. The van der Waals surface area contributed by atoms with E-state index in [0.717, 1.165) is 22.2 Å². The highest BCUT2D eigenvalue weighted by molar-refractivity contribution is 5.91. The predicted octanol–water partition coefficient (Wildman–Crippen LogP) is 3.56. The van der Waals surface area contributed by atoms with Gasteiger partial charge in [0.25, 0.3) is 0 Å². The SMILES string of the molecule is COc1cc(CNc2cccc3ncccc23)ccc1O. The van der Waals surface area contributed by atoms with Crippen molar-refractivity contribution in [1.82, 2.24) is 4.98 Å². The Labute approximate surface area is 123 Å². The molecule has 4 heteroatoms. The van der Waals surface area contributed by atoms with Gasteiger partial charge in [0, 0.05) is 23.8 Å². The number of aromatic hydroxyl groups is 1. The van der Waals surface area contributed by atoms with E-state index in [4.69, 9.17) is 4.74 Å². The van der Waals surface area contributed by atoms with Crippen LogP contribution in [0.1, 0.15) is 5.56 Å². The Bertz CT molecular complexity index is 766. The minimum Gasteiger partial charge on any atom is -0.504 e. The highest BCUT2D eigenvalue weighted by Crippen LogP contribution is 2.27. The number of phenolic OH excluding ortho intramolecular Hbond substituents is 1. The molecule has 3 aromatic rings. The van der Waals surface area contributed by atoms with Crippen LogP contribution in [0.4, 0.5) is 5.69 Å². The third-order valence-electron chi connectivity index (χ3n) is 3.37. The van der Waals surface area contributed by atoms with Gasteiger partial charge in [-0.1, -0.05) is 12.1 Å². The van der Waals surface area contributed by atoms with Crippen LogP contribution in [0.25, 0.3) is 10.9 Å². The number of rotatable bonds is 4. The van der Waals surface area contributed by atoms with Crippen molar-refractivity contribution in [2.45, 2.75) is 6.54 Å². The summed E-state index contributed by atoms with van der Waals surface area (Å²) < 4.78 is 5.12. The first-order valence-electron chi connectivity index (χ1n) is 6.71. The molecule has 2 N–H and O–H groups in total. The molecule has 0 saturated heterocycles. The molecular formula is C17H16N2O2. The maximum absolute atomic E-state index is 9.61. The van der Waals surface area contributed by atoms with Crippen LogP contribution in [0.15, 0.2) is 54.7 Å². The van der Waals surface area contributed by atoms with Crippen LogP contribution in [0.5, 0.6) is 11.5 Å². The Morgan fingerprint density at radius 1 is 1.14 bits per heavy atom. The molecule has 4 nitrogen and oxygen atoms in total. The zero-order valence-corrected chi connectivity index (χ0v) is 11.7. The number of pyridine rings is 1. The third-order valence-corrected chi connectivity index (χ3v) is 3.37. The second kappa shape index (κ2) is 5.71. The van der Waals surface area contributed by atoms with Crippen molar-refractivity contribution in [2.24, 2.45) is 0 Å². The largest absolute Gasteiger partial charge is 0.504 e. The fourth-order valence-corrected chi connectivity index (χ4v) is 2.29. The number of fused-ring (bicyclic) bond motifs is 1. The highest BCUT2D eigenvalue weighted by Gasteiger charge is 2.04. The summed E-state index contributed by atoms with van der Waals surface area (Å²) in [6.45, 7) is 0.643. The number of phenols is 1. The van der Waals surface area contributed by atoms with Gasteiger partial charge in [-0.15, -0.1) is 0 Å². The first-order valence-corrected chi connectivity index (χ1v) is 6.71. The summed E-state index contributed by atoms with van der Waals surface area (Å²) in [6, 6.07) is 15.3. The Morgan fingerprint density at radius 3 is 2.90 bits per heavy atom. The van der Waals surface area contributed by atoms with E-state index in [2.05, 4.69) is 10.3 Å². The Morgan fingerprint density at radius 2 is 2.05 bits per heavy atom. The molecule has 1 heterocycles. The molecule has 21 heavy (non-hydrogen) atoms. The van der Waals surface area contributed by atoms with Crippen LogP contribution in [0, 0.1) is 0 Å². The molecule has 0 radical (unpaired) electrons. The minimum absolute atomic E-state index is 0.149. The number of hydrogen-bond acceptors (Lipinski definition) is 4. The first-order chi connectivity index (χ1) is 10.3. The van der Waals surface area contributed by atoms with E-state index in [1.807, 2.05) is 42.5 Å². The minimum atomic E-state index is 0.149. The molecule has 1 aromatic heterocycles. The van der Waals surface area contributed by atoms with Crippen LogP contribution < -0.4 is 10.1 Å². The summed E-state index contributed by atoms with van der Waals surface area (Å²) in [5.41, 5.74) is 3.03. The van der Waals surface area contributed by atoms with E-state index in [0.29, 0.717) is 12.3 Å². The highest BCUT2D eigenvalue weighted by atomic mass is 16.5. The lowest BCUT2D eigenvalue weighted by molar-refractivity contribution is 0.373. The van der Waals surface area contributed by atoms with E-state index in [1.54, 1.807) is 19.4 Å². The topological polar surface area (TPSA) is 54.4 Å². The summed E-state index contributed by atoms with van der Waals surface area (Å²) in [4.78, 5) is 4.34. The number of aromatic nitrogens is 1. The van der Waals surface area contributed by atoms with Gasteiger partial charge in [-0.25, -0.2) is 0 Å². The monoisotopic (exact) mass is 280 g/mol. The van der Waals surface area contributed by atoms with Crippen LogP contribution in [-0.4, -0.2) is 17.2 Å². The summed E-state index contributed by atoms with van der Waals surface area (Å²) in [6.07, 6.45) is 1.79. The summed E-state index contributed by atoms with van der Waals surface area (Å²) >= 11 is 0. The maximum atomic E-state index is 9.61. The number of ether oxygens (including phenoxy) is 1. The number of hydrogen-bond donors (Lipinski definition) is 2. The standard InChI is InChI=1S/C17H16N2O2/c1-21-17-10-12(7-8-16(17)20)11-19-15-6-2-5-14-13(15)4-3-9-18-14/h2-10,19-20H,11H2,1H3. The van der Waals surface area contributed by atoms with Gasteiger partial charge in [-0.05, 0) is 42.0 Å². The molecule has 2 aromatic carbocycles. The fourth-order valence-electron chi connectivity index (χ4n) is 2.29. The van der Waals surface area contributed by atoms with E-state index >= 15 is 0 Å². The van der Waals surface area contributed by atoms with Crippen molar-refractivity contribution in [3.05, 3.63) is 60.3 Å². The van der Waals surface area contributed by atoms with Gasteiger partial charge < -0.3 is 15.2 Å². The third kappa shape index (κ3) is 2.74. The maximum Gasteiger partial charge on any atom is 0.160 e. The van der Waals surface area contributed by atoms with Crippen LogP contribution in [-0.2, 0) is 6.54 Å². The van der Waals surface area contributed by atoms with Gasteiger partial charge in [0.2, 0.25) is 0 Å². The molecule has 0 atom stereocenters. The average molecular weight is 280 g/mol. The molecule has 0 bridgehead atoms. The normalized spacial score (nSPS) is 10.5. The van der Waals surface area contributed by atoms with E-state index in [9.17, 15) is 5.11 Å². The second-order valence-electron chi connectivity index (χ2n) is 4.74. The molecule has 0 amide bonds. The van der Waals surface area contributed by atoms with Crippen molar-refractivity contribution in [3.8, 4) is 11.5 Å². The average Bonchev–Trinajstić information content (AvgIpc) is 2.54. The van der Waals surface area contributed by atoms with Gasteiger partial charge in [0.15, 0.2) is 11.5 Å². The zero-order valence-electron chi connectivity index (χ0n) is 11.7. The lowest BCUT2D eigenvalue weighted by Crippen LogP contribution is -2.00. The zero-order chi connectivity index (χ0) is 14.7. The molecule has 0 aliphatic heterocycles. The lowest BCUT2D eigenvalue weighted by atomic mass is 10.1. The quantitative estimate of drug-likeness (QED) is 0.767. The molecule has 0 saturated carbocycles. The van der Waals surface area contributed by atoms with Crippen LogP contribution in [0.2, 0.25) is 0 Å². The number of nitrogens with one attached hydrogen (secondary N) is 1. The van der Waals surface area contributed by atoms with E-state index in [1.165, 1.54) is 0 Å². The van der Waals surface area contributed by atoms with Crippen LogP contribution >= 0.6 is 0 Å². The van der Waals surface area contributed by atoms with Crippen LogP contribution in [0.3, 0.4) is 0 Å². The Balaban J connectivity index is 1.83. The van der Waals surface area contributed by atoms with Gasteiger partial charge in [-0.3, -0.25) is 4.98 Å². The van der Waals surface area contributed by atoms with E-state index in [-0.39, 0.29) is 5.75 Å². The molecular weight excluding hydrogens is 264 g/mol. The fraction of sp³-hybridized carbons (Fsp3) is 0.118. The van der Waals surface area contributed by atoms with Crippen molar-refractivity contribution in [2.75, 3.05) is 12.4 Å². The smallest absolute Gasteiger partial charge is 0.160 e. The summed E-state index contributed by atoms with van der Waals surface area (Å²) in [5, 5.41) is 14.1. The van der Waals surface area contributed by atoms with Crippen molar-refractivity contribution >= 4 is 16.6 Å². The van der Waals surface area contributed by atoms with Gasteiger partial charge in [0.05, 0.1) is 12.6 Å². The lowest BCUT2D eigenvalue weighted by Gasteiger charge is -2.11. The van der Waals surface area contributed by atoms with Gasteiger partial charge >= 0.3 is 0 Å². The Kier molecular flexibility index (Phi) is 3.60. The number of methoxy groups -OCH3 is 1. The van der Waals surface area contributed by atoms with Gasteiger partial charge in [0.1, 0.15) is 0 Å². The molecule has 0 aliphatic carbocycles. The molecule has 106 valence electrons. The van der Waals surface area contributed by atoms with E-state index < -0.39 is 0 Å². The number of benzene rings is 2. The number of anilines is 1. The van der Waals surface area contributed by atoms with Crippen molar-refractivity contribution < 1.29 is 9.84 Å². The Hall–Kier alpha value is -2.75. The summed E-state index contributed by atoms with van der Waals surface area (Å²) in [5.74, 6) is 0.629. The van der Waals surface area contributed by atoms with Crippen molar-refractivity contribution in [1.29, 1.82) is 0 Å². The number of nitrogens with zero attached hydrogens (tertiary/aromatic N) is 1. The van der Waals surface area contributed by atoms with Gasteiger partial charge in [-0.2, -0.15) is 0 Å². The molecule has 0 unspecified atom stereocenters. The molecule has 3 rings (SSSR count). The first kappa shape index (κ1) is 13.2. The van der Waals surface area contributed by atoms with Crippen molar-refractivity contribution in [3.63, 3.8) is 0 Å². The molecule has 0 aliphatic rings. The second-order valence-corrected chi connectivity index (χ2v) is 4.74. The molecule has 0 fully saturated rings.